The fourth-order valence-corrected chi connectivity index (χ4v) is 2.00. The monoisotopic (exact) mass is 294 g/mol. The van der Waals surface area contributed by atoms with Crippen molar-refractivity contribution in [3.63, 3.8) is 0 Å². The van der Waals surface area contributed by atoms with Gasteiger partial charge in [0.15, 0.2) is 0 Å². The largest absolute Gasteiger partial charge is 0.330 e. The van der Waals surface area contributed by atoms with Gasteiger partial charge in [0.25, 0.3) is 0 Å². The fourth-order valence-electron chi connectivity index (χ4n) is 1.49. The first kappa shape index (κ1) is 14.3. The third-order valence-corrected chi connectivity index (χ3v) is 3.38. The van der Waals surface area contributed by atoms with Gasteiger partial charge in [0.05, 0.1) is 16.8 Å². The predicted molar refractivity (Wildman–Crippen MR) is 73.3 cm³/mol. The van der Waals surface area contributed by atoms with Gasteiger partial charge in [-0.25, -0.2) is 18.5 Å². The highest BCUT2D eigenvalue weighted by Crippen LogP contribution is 2.18. The van der Waals surface area contributed by atoms with Gasteiger partial charge in [-0.05, 0) is 30.8 Å². The van der Waals surface area contributed by atoms with E-state index in [1.807, 2.05) is 0 Å². The molecule has 5 N–H and O–H groups in total. The third-order valence-electron chi connectivity index (χ3n) is 2.45. The molecule has 0 spiro atoms. The zero-order chi connectivity index (χ0) is 14.6. The lowest BCUT2D eigenvalue weighted by atomic mass is 10.3. The minimum Gasteiger partial charge on any atom is -0.330 e. The van der Waals surface area contributed by atoms with Crippen LogP contribution in [0, 0.1) is 0 Å². The summed E-state index contributed by atoms with van der Waals surface area (Å²) in [4.78, 5) is 7.00. The zero-order valence-corrected chi connectivity index (χ0v) is 11.3. The van der Waals surface area contributed by atoms with Crippen molar-refractivity contribution in [2.45, 2.75) is 11.3 Å². The van der Waals surface area contributed by atoms with Gasteiger partial charge in [-0.2, -0.15) is 0 Å². The molecule has 0 atom stereocenters. The number of azo groups is 1. The Morgan fingerprint density at radius 1 is 1.20 bits per heavy atom. The van der Waals surface area contributed by atoms with Crippen LogP contribution in [0.1, 0.15) is 5.69 Å². The van der Waals surface area contributed by atoms with Crippen molar-refractivity contribution >= 4 is 21.7 Å². The number of hydrogen-bond acceptors (Lipinski definition) is 6. The van der Waals surface area contributed by atoms with Crippen LogP contribution in [-0.4, -0.2) is 24.9 Å². The summed E-state index contributed by atoms with van der Waals surface area (Å²) in [5.74, 6) is 0.365. The zero-order valence-electron chi connectivity index (χ0n) is 10.5. The van der Waals surface area contributed by atoms with E-state index in [0.29, 0.717) is 24.6 Å². The first-order valence-electron chi connectivity index (χ1n) is 5.77. The topological polar surface area (TPSA) is 140 Å². The summed E-state index contributed by atoms with van der Waals surface area (Å²) in [7, 11) is -3.69. The molecule has 0 aliphatic heterocycles. The average molecular weight is 294 g/mol. The minimum atomic E-state index is -3.69. The Morgan fingerprint density at radius 3 is 2.50 bits per heavy atom. The fraction of sp³-hybridized carbons (Fsp3) is 0.182. The third kappa shape index (κ3) is 3.70. The maximum absolute atomic E-state index is 11.1. The van der Waals surface area contributed by atoms with Crippen molar-refractivity contribution in [2.75, 3.05) is 6.54 Å². The van der Waals surface area contributed by atoms with E-state index in [0.717, 1.165) is 5.69 Å². The Kier molecular flexibility index (Phi) is 4.23. The average Bonchev–Trinajstić information content (AvgIpc) is 2.84. The second-order valence-corrected chi connectivity index (χ2v) is 5.57. The van der Waals surface area contributed by atoms with Crippen LogP contribution in [0.3, 0.4) is 0 Å². The van der Waals surface area contributed by atoms with E-state index in [9.17, 15) is 8.42 Å². The van der Waals surface area contributed by atoms with Crippen LogP contribution in [0.4, 0.5) is 11.6 Å². The van der Waals surface area contributed by atoms with Crippen molar-refractivity contribution in [3.05, 3.63) is 36.2 Å². The van der Waals surface area contributed by atoms with E-state index < -0.39 is 10.0 Å². The van der Waals surface area contributed by atoms with E-state index in [-0.39, 0.29) is 4.90 Å². The molecule has 20 heavy (non-hydrogen) atoms. The molecule has 1 aromatic heterocycles. The summed E-state index contributed by atoms with van der Waals surface area (Å²) in [6.07, 6.45) is 2.33. The summed E-state index contributed by atoms with van der Waals surface area (Å²) in [5, 5.41) is 12.8. The molecule has 0 aliphatic carbocycles. The summed E-state index contributed by atoms with van der Waals surface area (Å²) >= 11 is 0. The van der Waals surface area contributed by atoms with Gasteiger partial charge in [0.1, 0.15) is 0 Å². The standard InChI is InChI=1S/C11H14N6O2S/c12-6-5-9-7-14-11(15-9)17-16-8-1-3-10(4-2-8)20(13,18)19/h1-4,7H,5-6,12H2,(H,14,15)(H2,13,18,19). The van der Waals surface area contributed by atoms with Crippen LogP contribution in [-0.2, 0) is 16.4 Å². The van der Waals surface area contributed by atoms with Gasteiger partial charge in [-0.1, -0.05) is 0 Å². The molecule has 1 aromatic carbocycles. The molecule has 0 saturated heterocycles. The number of H-pyrrole nitrogens is 1. The van der Waals surface area contributed by atoms with E-state index in [2.05, 4.69) is 20.2 Å². The summed E-state index contributed by atoms with van der Waals surface area (Å²) in [6, 6.07) is 5.75. The Balaban J connectivity index is 2.11. The van der Waals surface area contributed by atoms with Gasteiger partial charge in [0.2, 0.25) is 16.0 Å². The lowest BCUT2D eigenvalue weighted by Gasteiger charge is -1.97. The van der Waals surface area contributed by atoms with Crippen LogP contribution in [0.2, 0.25) is 0 Å². The van der Waals surface area contributed by atoms with Crippen molar-refractivity contribution in [1.82, 2.24) is 9.97 Å². The summed E-state index contributed by atoms with van der Waals surface area (Å²) in [5.41, 5.74) is 6.80. The number of imidazole rings is 1. The van der Waals surface area contributed by atoms with E-state index in [1.54, 1.807) is 6.20 Å². The van der Waals surface area contributed by atoms with Crippen molar-refractivity contribution in [2.24, 2.45) is 21.1 Å². The highest BCUT2D eigenvalue weighted by Gasteiger charge is 2.06. The number of benzene rings is 1. The van der Waals surface area contributed by atoms with Crippen molar-refractivity contribution in [3.8, 4) is 0 Å². The molecule has 0 bridgehead atoms. The summed E-state index contributed by atoms with van der Waals surface area (Å²) in [6.45, 7) is 0.522. The molecule has 0 aliphatic rings. The maximum atomic E-state index is 11.1. The number of nitrogens with zero attached hydrogens (tertiary/aromatic N) is 3. The van der Waals surface area contributed by atoms with E-state index in [4.69, 9.17) is 10.9 Å². The highest BCUT2D eigenvalue weighted by atomic mass is 32.2. The molecule has 2 rings (SSSR count). The first-order valence-corrected chi connectivity index (χ1v) is 7.32. The molecule has 106 valence electrons. The van der Waals surface area contributed by atoms with Crippen LogP contribution in [0.15, 0.2) is 45.6 Å². The second-order valence-electron chi connectivity index (χ2n) is 4.01. The van der Waals surface area contributed by atoms with Gasteiger partial charge in [-0.15, -0.1) is 10.2 Å². The molecule has 8 nitrogen and oxygen atoms in total. The Hall–Kier alpha value is -2.10. The molecule has 1 heterocycles. The summed E-state index contributed by atoms with van der Waals surface area (Å²) < 4.78 is 22.2. The number of nitrogens with two attached hydrogens (primary N) is 2. The Labute approximate surface area is 116 Å². The number of aromatic nitrogens is 2. The second kappa shape index (κ2) is 5.90. The molecule has 0 fully saturated rings. The number of rotatable bonds is 5. The molecular weight excluding hydrogens is 280 g/mol. The maximum Gasteiger partial charge on any atom is 0.246 e. The minimum absolute atomic E-state index is 0.0275. The predicted octanol–water partition coefficient (Wildman–Crippen LogP) is 0.974. The lowest BCUT2D eigenvalue weighted by molar-refractivity contribution is 0.598. The number of aromatic amines is 1. The Morgan fingerprint density at radius 2 is 1.90 bits per heavy atom. The highest BCUT2D eigenvalue weighted by molar-refractivity contribution is 7.89. The molecule has 0 saturated carbocycles. The normalized spacial score (nSPS) is 12.1. The molecular formula is C11H14N6O2S. The smallest absolute Gasteiger partial charge is 0.246 e. The molecule has 0 unspecified atom stereocenters. The van der Waals surface area contributed by atoms with Gasteiger partial charge in [-0.3, -0.25) is 0 Å². The molecule has 0 amide bonds. The van der Waals surface area contributed by atoms with Gasteiger partial charge >= 0.3 is 0 Å². The van der Waals surface area contributed by atoms with Crippen LogP contribution in [0.5, 0.6) is 0 Å². The quantitative estimate of drug-likeness (QED) is 0.707. The van der Waals surface area contributed by atoms with Crippen LogP contribution >= 0.6 is 0 Å². The number of hydrogen-bond donors (Lipinski definition) is 3. The van der Waals surface area contributed by atoms with Crippen LogP contribution < -0.4 is 10.9 Å². The molecule has 0 radical (unpaired) electrons. The lowest BCUT2D eigenvalue weighted by Crippen LogP contribution is -2.11. The van der Waals surface area contributed by atoms with E-state index >= 15 is 0 Å². The van der Waals surface area contributed by atoms with Crippen molar-refractivity contribution in [1.29, 1.82) is 0 Å². The molecule has 2 aromatic rings. The van der Waals surface area contributed by atoms with Crippen molar-refractivity contribution < 1.29 is 8.42 Å². The first-order chi connectivity index (χ1) is 9.49. The van der Waals surface area contributed by atoms with E-state index in [1.165, 1.54) is 24.3 Å². The molecule has 9 heteroatoms. The van der Waals surface area contributed by atoms with Gasteiger partial charge in [0, 0.05) is 12.1 Å². The number of primary sulfonamides is 1. The van der Waals surface area contributed by atoms with Gasteiger partial charge < -0.3 is 10.7 Å². The SMILES string of the molecule is NCCc1cnc(N=Nc2ccc(S(N)(=O)=O)cc2)[nH]1. The van der Waals surface area contributed by atoms with Crippen LogP contribution in [0.25, 0.3) is 0 Å². The Bertz CT molecular complexity index is 705. The number of sulfonamides is 1. The number of nitrogens with one attached hydrogen (secondary N) is 1.